The quantitative estimate of drug-likeness (QED) is 0.790. The second-order valence-corrected chi connectivity index (χ2v) is 5.23. The molecule has 0 spiro atoms. The molecule has 2 rings (SSSR count). The molecule has 1 unspecified atom stereocenters. The lowest BCUT2D eigenvalue weighted by Crippen LogP contribution is -2.21. The molecule has 0 radical (unpaired) electrons. The lowest BCUT2D eigenvalue weighted by Gasteiger charge is -2.14. The van der Waals surface area contributed by atoms with Crippen LogP contribution in [0.2, 0.25) is 5.02 Å². The van der Waals surface area contributed by atoms with Crippen molar-refractivity contribution in [2.45, 2.75) is 26.7 Å². The first-order chi connectivity index (χ1) is 10.0. The predicted octanol–water partition coefficient (Wildman–Crippen LogP) is 3.09. The highest BCUT2D eigenvalue weighted by Gasteiger charge is 2.31. The van der Waals surface area contributed by atoms with Gasteiger partial charge in [-0.1, -0.05) is 30.6 Å². The molecular weight excluding hydrogens is 294 g/mol. The van der Waals surface area contributed by atoms with Gasteiger partial charge in [0.15, 0.2) is 0 Å². The Balaban J connectivity index is 2.28. The minimum absolute atomic E-state index is 0.0180. The summed E-state index contributed by atoms with van der Waals surface area (Å²) in [7, 11) is 0. The van der Waals surface area contributed by atoms with Crippen molar-refractivity contribution in [3.63, 3.8) is 0 Å². The molecule has 0 fully saturated rings. The van der Waals surface area contributed by atoms with Gasteiger partial charge in [0.25, 0.3) is 0 Å². The van der Waals surface area contributed by atoms with Crippen LogP contribution in [0.1, 0.15) is 32.6 Å². The largest absolute Gasteiger partial charge is 0.465 e. The van der Waals surface area contributed by atoms with Gasteiger partial charge >= 0.3 is 5.97 Å². The zero-order valence-corrected chi connectivity index (χ0v) is 12.8. The second kappa shape index (κ2) is 6.67. The molecule has 2 aromatic heterocycles. The molecule has 0 amide bonds. The highest BCUT2D eigenvalue weighted by molar-refractivity contribution is 6.30. The third-order valence-electron chi connectivity index (χ3n) is 2.87. The third kappa shape index (κ3) is 3.58. The summed E-state index contributed by atoms with van der Waals surface area (Å²) in [5.41, 5.74) is 0.528. The van der Waals surface area contributed by atoms with Crippen molar-refractivity contribution in [1.82, 2.24) is 15.1 Å². The van der Waals surface area contributed by atoms with Crippen LogP contribution in [0, 0.1) is 5.92 Å². The fraction of sp³-hybridized carbons (Fsp3) is 0.429. The average Bonchev–Trinajstić information content (AvgIpc) is 2.89. The smallest absolute Gasteiger partial charge is 0.318 e. The minimum atomic E-state index is -0.585. The summed E-state index contributed by atoms with van der Waals surface area (Å²) in [5.74, 6) is -0.424. The van der Waals surface area contributed by atoms with Crippen LogP contribution in [0.15, 0.2) is 22.9 Å². The highest BCUT2D eigenvalue weighted by atomic mass is 35.5. The number of carbonyl (C=O) groups excluding carboxylic acids is 1. The fourth-order valence-electron chi connectivity index (χ4n) is 1.86. The molecule has 21 heavy (non-hydrogen) atoms. The molecule has 0 saturated heterocycles. The van der Waals surface area contributed by atoms with Gasteiger partial charge in [-0.25, -0.2) is 0 Å². The lowest BCUT2D eigenvalue weighted by molar-refractivity contribution is -0.146. The topological polar surface area (TPSA) is 78.1 Å². The maximum atomic E-state index is 12.0. The summed E-state index contributed by atoms with van der Waals surface area (Å²) in [4.78, 5) is 20.4. The number of carbonyl (C=O) groups is 1. The average molecular weight is 310 g/mol. The van der Waals surface area contributed by atoms with Crippen molar-refractivity contribution in [3.8, 4) is 11.5 Å². The molecule has 0 bridgehead atoms. The normalized spacial score (nSPS) is 12.4. The summed E-state index contributed by atoms with van der Waals surface area (Å²) in [6, 6.07) is 3.37. The Hall–Kier alpha value is -1.95. The van der Waals surface area contributed by atoms with Gasteiger partial charge in [-0.15, -0.1) is 0 Å². The van der Waals surface area contributed by atoms with E-state index in [9.17, 15) is 4.79 Å². The Kier molecular flexibility index (Phi) is 4.90. The lowest BCUT2D eigenvalue weighted by atomic mass is 9.96. The number of hydrogen-bond acceptors (Lipinski definition) is 6. The number of ether oxygens (including phenoxy) is 1. The number of pyridine rings is 1. The molecule has 7 heteroatoms. The monoisotopic (exact) mass is 309 g/mol. The second-order valence-electron chi connectivity index (χ2n) is 4.79. The molecule has 0 aliphatic rings. The summed E-state index contributed by atoms with van der Waals surface area (Å²) in [6.07, 6.45) is 1.50. The minimum Gasteiger partial charge on any atom is -0.465 e. The van der Waals surface area contributed by atoms with Gasteiger partial charge in [-0.05, 0) is 25.0 Å². The molecule has 0 N–H and O–H groups in total. The van der Waals surface area contributed by atoms with Gasteiger partial charge in [0.1, 0.15) is 11.6 Å². The van der Waals surface area contributed by atoms with Crippen molar-refractivity contribution in [2.75, 3.05) is 6.61 Å². The molecule has 2 aromatic rings. The van der Waals surface area contributed by atoms with E-state index in [0.717, 1.165) is 0 Å². The van der Waals surface area contributed by atoms with E-state index in [2.05, 4.69) is 15.1 Å². The molecule has 0 aliphatic heterocycles. The van der Waals surface area contributed by atoms with Crippen LogP contribution < -0.4 is 0 Å². The van der Waals surface area contributed by atoms with Gasteiger partial charge in [0, 0.05) is 6.20 Å². The zero-order chi connectivity index (χ0) is 15.4. The van der Waals surface area contributed by atoms with E-state index in [1.165, 1.54) is 6.20 Å². The molecule has 0 aliphatic carbocycles. The van der Waals surface area contributed by atoms with Gasteiger partial charge in [-0.2, -0.15) is 4.98 Å². The standard InChI is InChI=1S/C14H16ClN3O3/c1-4-20-14(19)11(8(2)3)13-17-12(18-21-13)10-6-5-9(15)7-16-10/h5-8,11H,4H2,1-3H3. The van der Waals surface area contributed by atoms with Crippen molar-refractivity contribution in [2.24, 2.45) is 5.92 Å². The zero-order valence-electron chi connectivity index (χ0n) is 12.0. The molecule has 0 aromatic carbocycles. The van der Waals surface area contributed by atoms with E-state index in [4.69, 9.17) is 20.9 Å². The Morgan fingerprint density at radius 3 is 2.76 bits per heavy atom. The van der Waals surface area contributed by atoms with Crippen LogP contribution in [-0.2, 0) is 9.53 Å². The van der Waals surface area contributed by atoms with Gasteiger partial charge in [0.05, 0.1) is 11.6 Å². The van der Waals surface area contributed by atoms with Crippen molar-refractivity contribution in [3.05, 3.63) is 29.2 Å². The summed E-state index contributed by atoms with van der Waals surface area (Å²) in [6.45, 7) is 5.85. The van der Waals surface area contributed by atoms with Crippen LogP contribution in [0.4, 0.5) is 0 Å². The summed E-state index contributed by atoms with van der Waals surface area (Å²) < 4.78 is 10.3. The Morgan fingerprint density at radius 1 is 1.43 bits per heavy atom. The van der Waals surface area contributed by atoms with Crippen LogP contribution >= 0.6 is 11.6 Å². The number of esters is 1. The molecule has 112 valence electrons. The van der Waals surface area contributed by atoms with E-state index >= 15 is 0 Å². The summed E-state index contributed by atoms with van der Waals surface area (Å²) in [5, 5.41) is 4.38. The van der Waals surface area contributed by atoms with Gasteiger partial charge < -0.3 is 9.26 Å². The van der Waals surface area contributed by atoms with Crippen LogP contribution in [0.25, 0.3) is 11.5 Å². The number of halogens is 1. The van der Waals surface area contributed by atoms with E-state index in [1.807, 2.05) is 13.8 Å². The maximum Gasteiger partial charge on any atom is 0.318 e. The van der Waals surface area contributed by atoms with Crippen molar-refractivity contribution < 1.29 is 14.1 Å². The molecule has 6 nitrogen and oxygen atoms in total. The van der Waals surface area contributed by atoms with E-state index in [1.54, 1.807) is 19.1 Å². The Labute approximate surface area is 127 Å². The molecule has 2 heterocycles. The number of nitrogens with zero attached hydrogens (tertiary/aromatic N) is 3. The first-order valence-electron chi connectivity index (χ1n) is 6.65. The third-order valence-corrected chi connectivity index (χ3v) is 3.10. The van der Waals surface area contributed by atoms with Crippen molar-refractivity contribution in [1.29, 1.82) is 0 Å². The van der Waals surface area contributed by atoms with E-state index in [-0.39, 0.29) is 17.8 Å². The Bertz CT molecular complexity index is 610. The number of rotatable bonds is 5. The number of hydrogen-bond donors (Lipinski definition) is 0. The van der Waals surface area contributed by atoms with Crippen LogP contribution in [-0.4, -0.2) is 27.7 Å². The molecular formula is C14H16ClN3O3. The van der Waals surface area contributed by atoms with Crippen LogP contribution in [0.3, 0.4) is 0 Å². The first kappa shape index (κ1) is 15.4. The Morgan fingerprint density at radius 2 is 2.19 bits per heavy atom. The van der Waals surface area contributed by atoms with E-state index < -0.39 is 5.92 Å². The van der Waals surface area contributed by atoms with Crippen molar-refractivity contribution >= 4 is 17.6 Å². The summed E-state index contributed by atoms with van der Waals surface area (Å²) >= 11 is 5.78. The van der Waals surface area contributed by atoms with Gasteiger partial charge in [-0.3, -0.25) is 9.78 Å². The fourth-order valence-corrected chi connectivity index (χ4v) is 1.98. The van der Waals surface area contributed by atoms with Gasteiger partial charge in [0.2, 0.25) is 11.7 Å². The predicted molar refractivity (Wildman–Crippen MR) is 76.8 cm³/mol. The number of aromatic nitrogens is 3. The first-order valence-corrected chi connectivity index (χ1v) is 7.03. The molecule has 0 saturated carbocycles. The highest BCUT2D eigenvalue weighted by Crippen LogP contribution is 2.26. The maximum absolute atomic E-state index is 12.0. The molecule has 1 atom stereocenters. The van der Waals surface area contributed by atoms with E-state index in [0.29, 0.717) is 23.1 Å². The van der Waals surface area contributed by atoms with Crippen LogP contribution in [0.5, 0.6) is 0 Å². The SMILES string of the molecule is CCOC(=O)C(c1nc(-c2ccc(Cl)cn2)no1)C(C)C.